The second-order valence-corrected chi connectivity index (χ2v) is 7.10. The maximum absolute atomic E-state index is 4.61. The summed E-state index contributed by atoms with van der Waals surface area (Å²) in [4.78, 5) is 13.9. The van der Waals surface area contributed by atoms with Crippen LogP contribution >= 0.6 is 0 Å². The maximum Gasteiger partial charge on any atom is 0.134 e. The average Bonchev–Trinajstić information content (AvgIpc) is 3.18. The quantitative estimate of drug-likeness (QED) is 0.696. The van der Waals surface area contributed by atoms with Crippen LogP contribution in [0, 0.1) is 0 Å². The molecule has 2 aliphatic heterocycles. The van der Waals surface area contributed by atoms with Gasteiger partial charge in [0.2, 0.25) is 0 Å². The molecular weight excluding hydrogens is 320 g/mol. The van der Waals surface area contributed by atoms with Crippen LogP contribution in [0.25, 0.3) is 11.1 Å². The Kier molecular flexibility index (Phi) is 3.81. The van der Waals surface area contributed by atoms with Gasteiger partial charge in [-0.1, -0.05) is 48.5 Å². The van der Waals surface area contributed by atoms with Gasteiger partial charge in [-0.05, 0) is 35.1 Å². The summed E-state index contributed by atoms with van der Waals surface area (Å²) in [5.41, 5.74) is 5.36. The van der Waals surface area contributed by atoms with E-state index in [0.717, 1.165) is 37.8 Å². The molecule has 0 saturated carbocycles. The molecule has 0 spiro atoms. The zero-order valence-electron chi connectivity index (χ0n) is 14.8. The van der Waals surface area contributed by atoms with E-state index < -0.39 is 0 Å². The summed E-state index contributed by atoms with van der Waals surface area (Å²) in [5.74, 6) is 2.06. The molecule has 5 rings (SSSR count). The van der Waals surface area contributed by atoms with Crippen molar-refractivity contribution in [1.29, 1.82) is 0 Å². The Bertz CT molecular complexity index is 883. The molecule has 0 atom stereocenters. The van der Waals surface area contributed by atoms with Crippen LogP contribution in [-0.2, 0) is 13.1 Å². The normalized spacial score (nSPS) is 16.2. The zero-order valence-corrected chi connectivity index (χ0v) is 14.8. The van der Waals surface area contributed by atoms with Gasteiger partial charge in [-0.2, -0.15) is 0 Å². The average molecular weight is 342 g/mol. The fraction of sp³-hybridized carbons (Fsp3) is 0.273. The molecule has 26 heavy (non-hydrogen) atoms. The predicted octanol–water partition coefficient (Wildman–Crippen LogP) is 4.26. The van der Waals surface area contributed by atoms with E-state index in [9.17, 15) is 0 Å². The van der Waals surface area contributed by atoms with E-state index in [1.165, 1.54) is 35.1 Å². The predicted molar refractivity (Wildman–Crippen MR) is 105 cm³/mol. The van der Waals surface area contributed by atoms with Crippen molar-refractivity contribution < 1.29 is 0 Å². The summed E-state index contributed by atoms with van der Waals surface area (Å²) in [6, 6.07) is 19.6. The molecule has 0 bridgehead atoms. The highest BCUT2D eigenvalue weighted by Crippen LogP contribution is 2.34. The number of rotatable bonds is 2. The zero-order chi connectivity index (χ0) is 17.3. The lowest BCUT2D eigenvalue weighted by Gasteiger charge is -2.24. The summed E-state index contributed by atoms with van der Waals surface area (Å²) in [7, 11) is 0. The minimum Gasteiger partial charge on any atom is -0.356 e. The molecular formula is C22H22N4. The van der Waals surface area contributed by atoms with E-state index in [1.54, 1.807) is 6.33 Å². The lowest BCUT2D eigenvalue weighted by molar-refractivity contribution is 0.788. The van der Waals surface area contributed by atoms with Gasteiger partial charge >= 0.3 is 0 Å². The Morgan fingerprint density at radius 2 is 1.19 bits per heavy atom. The first-order valence-electron chi connectivity index (χ1n) is 9.36. The molecule has 0 amide bonds. The van der Waals surface area contributed by atoms with Gasteiger partial charge in [0.1, 0.15) is 18.0 Å². The van der Waals surface area contributed by atoms with Crippen molar-refractivity contribution in [2.24, 2.45) is 0 Å². The van der Waals surface area contributed by atoms with Crippen LogP contribution in [0.1, 0.15) is 24.0 Å². The number of hydrogen-bond acceptors (Lipinski definition) is 4. The Balaban J connectivity index is 1.56. The SMILES string of the molecule is c1ccc2c(c1)CN(c1cc(N3CCCC3)ncn1)Cc1ccccc1-2. The molecule has 0 N–H and O–H groups in total. The molecule has 4 heteroatoms. The van der Waals surface area contributed by atoms with Crippen molar-refractivity contribution in [3.63, 3.8) is 0 Å². The van der Waals surface area contributed by atoms with E-state index >= 15 is 0 Å². The number of anilines is 2. The Labute approximate surface area is 154 Å². The highest BCUT2D eigenvalue weighted by atomic mass is 15.2. The van der Waals surface area contributed by atoms with Gasteiger partial charge in [-0.3, -0.25) is 0 Å². The minimum atomic E-state index is 0.862. The molecule has 0 unspecified atom stereocenters. The van der Waals surface area contributed by atoms with Crippen molar-refractivity contribution in [3.8, 4) is 11.1 Å². The number of fused-ring (bicyclic) bond motifs is 3. The molecule has 3 heterocycles. The van der Waals surface area contributed by atoms with Crippen LogP contribution in [0.4, 0.5) is 11.6 Å². The number of aromatic nitrogens is 2. The van der Waals surface area contributed by atoms with Gasteiger partial charge in [0.05, 0.1) is 0 Å². The van der Waals surface area contributed by atoms with Gasteiger partial charge in [0.25, 0.3) is 0 Å². The highest BCUT2D eigenvalue weighted by molar-refractivity contribution is 5.73. The molecule has 1 fully saturated rings. The smallest absolute Gasteiger partial charge is 0.134 e. The summed E-state index contributed by atoms with van der Waals surface area (Å²) >= 11 is 0. The largest absolute Gasteiger partial charge is 0.356 e. The van der Waals surface area contributed by atoms with Crippen molar-refractivity contribution in [1.82, 2.24) is 9.97 Å². The van der Waals surface area contributed by atoms with E-state index in [4.69, 9.17) is 0 Å². The third-order valence-corrected chi connectivity index (χ3v) is 5.44. The van der Waals surface area contributed by atoms with Crippen LogP contribution in [0.3, 0.4) is 0 Å². The number of benzene rings is 2. The van der Waals surface area contributed by atoms with Crippen LogP contribution in [0.5, 0.6) is 0 Å². The van der Waals surface area contributed by atoms with Crippen LogP contribution < -0.4 is 9.80 Å². The number of hydrogen-bond donors (Lipinski definition) is 0. The summed E-state index contributed by atoms with van der Waals surface area (Å²) in [6.07, 6.45) is 4.22. The summed E-state index contributed by atoms with van der Waals surface area (Å²) in [6.45, 7) is 3.92. The fourth-order valence-electron chi connectivity index (χ4n) is 4.10. The van der Waals surface area contributed by atoms with E-state index in [0.29, 0.717) is 0 Å². The topological polar surface area (TPSA) is 32.3 Å². The molecule has 130 valence electrons. The summed E-state index contributed by atoms with van der Waals surface area (Å²) in [5, 5.41) is 0. The first-order chi connectivity index (χ1) is 12.9. The Morgan fingerprint density at radius 1 is 0.654 bits per heavy atom. The first kappa shape index (κ1) is 15.4. The highest BCUT2D eigenvalue weighted by Gasteiger charge is 2.21. The van der Waals surface area contributed by atoms with Crippen molar-refractivity contribution >= 4 is 11.6 Å². The molecule has 1 aromatic heterocycles. The second-order valence-electron chi connectivity index (χ2n) is 7.10. The van der Waals surface area contributed by atoms with Gasteiger partial charge < -0.3 is 9.80 Å². The Morgan fingerprint density at radius 3 is 1.81 bits per heavy atom. The van der Waals surface area contributed by atoms with Crippen molar-refractivity contribution in [2.45, 2.75) is 25.9 Å². The molecule has 4 nitrogen and oxygen atoms in total. The lowest BCUT2D eigenvalue weighted by atomic mass is 9.97. The first-order valence-corrected chi connectivity index (χ1v) is 9.36. The van der Waals surface area contributed by atoms with Crippen molar-refractivity contribution in [2.75, 3.05) is 22.9 Å². The van der Waals surface area contributed by atoms with E-state index in [1.807, 2.05) is 0 Å². The van der Waals surface area contributed by atoms with Crippen molar-refractivity contribution in [3.05, 3.63) is 72.1 Å². The Hall–Kier alpha value is -2.88. The molecule has 0 aliphatic carbocycles. The third-order valence-electron chi connectivity index (χ3n) is 5.44. The van der Waals surface area contributed by atoms with E-state index in [2.05, 4.69) is 74.4 Å². The molecule has 0 radical (unpaired) electrons. The van der Waals surface area contributed by atoms with Gasteiger partial charge in [-0.15, -0.1) is 0 Å². The molecule has 1 saturated heterocycles. The molecule has 2 aliphatic rings. The monoisotopic (exact) mass is 342 g/mol. The van der Waals surface area contributed by atoms with Crippen LogP contribution in [0.2, 0.25) is 0 Å². The third kappa shape index (κ3) is 2.71. The number of nitrogens with zero attached hydrogens (tertiary/aromatic N) is 4. The second kappa shape index (κ2) is 6.45. The lowest BCUT2D eigenvalue weighted by Crippen LogP contribution is -2.24. The van der Waals surface area contributed by atoms with Gasteiger partial charge in [0.15, 0.2) is 0 Å². The van der Waals surface area contributed by atoms with Gasteiger partial charge in [-0.25, -0.2) is 9.97 Å². The standard InChI is InChI=1S/C22H22N4/c1-3-9-19-17(7-1)14-26(15-18-8-2-4-10-20(18)19)22-13-21(23-16-24-22)25-11-5-6-12-25/h1-4,7-10,13,16H,5-6,11-12,14-15H2. The maximum atomic E-state index is 4.61. The van der Waals surface area contributed by atoms with E-state index in [-0.39, 0.29) is 0 Å². The van der Waals surface area contributed by atoms with Crippen LogP contribution in [0.15, 0.2) is 60.9 Å². The van der Waals surface area contributed by atoms with Crippen LogP contribution in [-0.4, -0.2) is 23.1 Å². The van der Waals surface area contributed by atoms with Gasteiger partial charge in [0, 0.05) is 32.2 Å². The summed E-state index contributed by atoms with van der Waals surface area (Å²) < 4.78 is 0. The molecule has 3 aromatic rings. The minimum absolute atomic E-state index is 0.862. The molecule has 2 aromatic carbocycles. The fourth-order valence-corrected chi connectivity index (χ4v) is 4.10.